The summed E-state index contributed by atoms with van der Waals surface area (Å²) in [4.78, 5) is 11.8. The maximum absolute atomic E-state index is 11.8. The highest BCUT2D eigenvalue weighted by Gasteiger charge is 2.29. The molecule has 0 saturated heterocycles. The number of anilines is 2. The highest BCUT2D eigenvalue weighted by Crippen LogP contribution is 2.37. The number of benzene rings is 2. The van der Waals surface area contributed by atoms with Crippen molar-refractivity contribution in [1.29, 1.82) is 5.26 Å². The maximum Gasteiger partial charge on any atom is 0.228 e. The number of hydrogen-bond acceptors (Lipinski definition) is 5. The molecule has 0 spiro atoms. The Kier molecular flexibility index (Phi) is 3.76. The number of aromatic nitrogens is 2. The van der Waals surface area contributed by atoms with Crippen LogP contribution in [0.25, 0.3) is 22.0 Å². The molecular formula is C22H19N5O. The van der Waals surface area contributed by atoms with E-state index in [0.717, 1.165) is 39.0 Å². The van der Waals surface area contributed by atoms with Gasteiger partial charge in [-0.3, -0.25) is 4.79 Å². The molecule has 2 N–H and O–H groups in total. The molecule has 1 aliphatic heterocycles. The molecule has 2 aliphatic rings. The molecule has 28 heavy (non-hydrogen) atoms. The van der Waals surface area contributed by atoms with Crippen LogP contribution in [0.15, 0.2) is 36.4 Å². The number of nitrogens with zero attached hydrogens (tertiary/aromatic N) is 3. The largest absolute Gasteiger partial charge is 0.379 e. The van der Waals surface area contributed by atoms with Gasteiger partial charge in [0.1, 0.15) is 6.07 Å². The van der Waals surface area contributed by atoms with Crippen LogP contribution >= 0.6 is 0 Å². The molecule has 1 atom stereocenters. The lowest BCUT2D eigenvalue weighted by molar-refractivity contribution is -0.115. The number of fused-ring (bicyclic) bond motifs is 2. The van der Waals surface area contributed by atoms with Gasteiger partial charge in [0.15, 0.2) is 5.69 Å². The topological polar surface area (TPSA) is 90.7 Å². The monoisotopic (exact) mass is 369 g/mol. The lowest BCUT2D eigenvalue weighted by atomic mass is 9.96. The van der Waals surface area contributed by atoms with Gasteiger partial charge in [-0.25, -0.2) is 0 Å². The zero-order chi connectivity index (χ0) is 19.3. The lowest BCUT2D eigenvalue weighted by Gasteiger charge is -2.17. The number of carbonyl (C=O) groups excluding carboxylic acids is 1. The molecule has 2 aromatic carbocycles. The molecule has 1 aliphatic carbocycles. The molecule has 0 bridgehead atoms. The van der Waals surface area contributed by atoms with Crippen molar-refractivity contribution in [3.05, 3.63) is 47.7 Å². The summed E-state index contributed by atoms with van der Waals surface area (Å²) in [7, 11) is 0. The Bertz CT molecular complexity index is 1160. The van der Waals surface area contributed by atoms with E-state index in [0.29, 0.717) is 24.1 Å². The summed E-state index contributed by atoms with van der Waals surface area (Å²) >= 11 is 0. The van der Waals surface area contributed by atoms with E-state index in [1.54, 1.807) is 0 Å². The third-order valence-electron chi connectivity index (χ3n) is 5.67. The van der Waals surface area contributed by atoms with Crippen LogP contribution in [0.4, 0.5) is 11.4 Å². The summed E-state index contributed by atoms with van der Waals surface area (Å²) in [5, 5.41) is 25.2. The zero-order valence-electron chi connectivity index (χ0n) is 15.5. The van der Waals surface area contributed by atoms with Gasteiger partial charge in [-0.15, -0.1) is 10.2 Å². The third-order valence-corrected chi connectivity index (χ3v) is 5.67. The van der Waals surface area contributed by atoms with Crippen molar-refractivity contribution in [3.8, 4) is 17.2 Å². The Morgan fingerprint density at radius 1 is 1.25 bits per heavy atom. The third kappa shape index (κ3) is 2.76. The molecule has 3 aromatic rings. The predicted octanol–water partition coefficient (Wildman–Crippen LogP) is 3.87. The van der Waals surface area contributed by atoms with E-state index in [1.165, 1.54) is 12.8 Å². The van der Waals surface area contributed by atoms with Gasteiger partial charge in [-0.2, -0.15) is 5.26 Å². The van der Waals surface area contributed by atoms with E-state index >= 15 is 0 Å². The Balaban J connectivity index is 1.60. The first kappa shape index (κ1) is 16.7. The normalized spacial score (nSPS) is 16.4. The van der Waals surface area contributed by atoms with Crippen LogP contribution in [0.3, 0.4) is 0 Å². The van der Waals surface area contributed by atoms with Crippen molar-refractivity contribution < 1.29 is 4.79 Å². The molecule has 6 heteroatoms. The molecular weight excluding hydrogens is 350 g/mol. The Hall–Kier alpha value is -3.46. The van der Waals surface area contributed by atoms with Crippen molar-refractivity contribution in [3.63, 3.8) is 0 Å². The number of hydrogen-bond donors (Lipinski definition) is 2. The number of amides is 1. The van der Waals surface area contributed by atoms with Crippen molar-refractivity contribution in [1.82, 2.24) is 10.2 Å². The van der Waals surface area contributed by atoms with Crippen LogP contribution in [0.2, 0.25) is 0 Å². The van der Waals surface area contributed by atoms with Gasteiger partial charge in [0.05, 0.1) is 17.6 Å². The first-order valence-electron chi connectivity index (χ1n) is 9.53. The van der Waals surface area contributed by atoms with Crippen LogP contribution in [0.5, 0.6) is 0 Å². The predicted molar refractivity (Wildman–Crippen MR) is 108 cm³/mol. The van der Waals surface area contributed by atoms with Crippen LogP contribution in [-0.4, -0.2) is 22.1 Å². The van der Waals surface area contributed by atoms with Crippen molar-refractivity contribution >= 4 is 28.2 Å². The summed E-state index contributed by atoms with van der Waals surface area (Å²) in [5.41, 5.74) is 5.70. The number of nitriles is 1. The molecule has 6 nitrogen and oxygen atoms in total. The van der Waals surface area contributed by atoms with Crippen molar-refractivity contribution in [2.24, 2.45) is 5.92 Å². The minimum atomic E-state index is 0.0160. The first-order valence-corrected chi connectivity index (χ1v) is 9.53. The van der Waals surface area contributed by atoms with E-state index in [-0.39, 0.29) is 5.91 Å². The Labute approximate surface area is 162 Å². The first-order chi connectivity index (χ1) is 13.6. The van der Waals surface area contributed by atoms with Crippen LogP contribution < -0.4 is 10.6 Å². The molecule has 1 aromatic heterocycles. The molecule has 1 saturated carbocycles. The van der Waals surface area contributed by atoms with Gasteiger partial charge in [0.2, 0.25) is 5.91 Å². The van der Waals surface area contributed by atoms with Gasteiger partial charge in [-0.05, 0) is 60.6 Å². The number of carbonyl (C=O) groups is 1. The fourth-order valence-electron chi connectivity index (χ4n) is 3.96. The molecule has 1 fully saturated rings. The Morgan fingerprint density at radius 2 is 2.11 bits per heavy atom. The minimum absolute atomic E-state index is 0.0160. The number of nitrogens with one attached hydrogen (secondary N) is 2. The van der Waals surface area contributed by atoms with Crippen molar-refractivity contribution in [2.45, 2.75) is 32.2 Å². The smallest absolute Gasteiger partial charge is 0.228 e. The molecule has 138 valence electrons. The van der Waals surface area contributed by atoms with E-state index < -0.39 is 0 Å². The van der Waals surface area contributed by atoms with Gasteiger partial charge < -0.3 is 10.6 Å². The van der Waals surface area contributed by atoms with Crippen LogP contribution in [0.1, 0.15) is 31.0 Å². The fourth-order valence-corrected chi connectivity index (χ4v) is 3.96. The van der Waals surface area contributed by atoms with Gasteiger partial charge in [-0.1, -0.05) is 18.2 Å². The summed E-state index contributed by atoms with van der Waals surface area (Å²) in [6, 6.07) is 14.3. The second kappa shape index (κ2) is 6.31. The molecule has 0 unspecified atom stereocenters. The lowest BCUT2D eigenvalue weighted by Crippen LogP contribution is -2.19. The fraction of sp³-hybridized carbons (Fsp3) is 0.273. The summed E-state index contributed by atoms with van der Waals surface area (Å²) in [6.45, 7) is 2.15. The summed E-state index contributed by atoms with van der Waals surface area (Å²) < 4.78 is 0. The second-order valence-electron chi connectivity index (χ2n) is 7.59. The van der Waals surface area contributed by atoms with Crippen LogP contribution in [0, 0.1) is 17.2 Å². The molecule has 0 radical (unpaired) electrons. The highest BCUT2D eigenvalue weighted by atomic mass is 16.1. The standard InChI is InChI=1S/C22H19N5O/c1-12(13-5-6-13)24-22-16-8-7-14(9-19(16)26-27-20(22)11-23)15-3-2-4-18-17(15)10-21(28)25-18/h2-4,7-9,12-13H,5-6,10H2,1H3,(H,24,26)(H,25,28)/t12-/m1/s1. The molecule has 2 heterocycles. The molecule has 1 amide bonds. The van der Waals surface area contributed by atoms with Gasteiger partial charge in [0, 0.05) is 17.1 Å². The molecule has 5 rings (SSSR count). The minimum Gasteiger partial charge on any atom is -0.379 e. The van der Waals surface area contributed by atoms with E-state index in [9.17, 15) is 10.1 Å². The SMILES string of the molecule is C[C@@H](Nc1c(C#N)nnc2cc(-c3cccc4c3CC(=O)N4)ccc12)C1CC1. The van der Waals surface area contributed by atoms with E-state index in [4.69, 9.17) is 0 Å². The average Bonchev–Trinajstić information content (AvgIpc) is 3.48. The zero-order valence-corrected chi connectivity index (χ0v) is 15.5. The van der Waals surface area contributed by atoms with Gasteiger partial charge >= 0.3 is 0 Å². The van der Waals surface area contributed by atoms with E-state index in [2.05, 4.69) is 33.8 Å². The quantitative estimate of drug-likeness (QED) is 0.728. The van der Waals surface area contributed by atoms with Crippen molar-refractivity contribution in [2.75, 3.05) is 10.6 Å². The highest BCUT2D eigenvalue weighted by molar-refractivity contribution is 6.02. The van der Waals surface area contributed by atoms with Crippen LogP contribution in [-0.2, 0) is 11.2 Å². The Morgan fingerprint density at radius 3 is 2.89 bits per heavy atom. The summed E-state index contributed by atoms with van der Waals surface area (Å²) in [6.07, 6.45) is 2.83. The van der Waals surface area contributed by atoms with Gasteiger partial charge in [0.25, 0.3) is 0 Å². The maximum atomic E-state index is 11.8. The van der Waals surface area contributed by atoms with E-state index in [1.807, 2.05) is 36.4 Å². The number of rotatable bonds is 4. The summed E-state index contributed by atoms with van der Waals surface area (Å²) in [5.74, 6) is 0.674. The second-order valence-corrected chi connectivity index (χ2v) is 7.59. The average molecular weight is 369 g/mol.